The lowest BCUT2D eigenvalue weighted by Gasteiger charge is -2.01. The van der Waals surface area contributed by atoms with Gasteiger partial charge < -0.3 is 9.84 Å². The number of halogens is 1. The Morgan fingerprint density at radius 3 is 2.88 bits per heavy atom. The summed E-state index contributed by atoms with van der Waals surface area (Å²) < 4.78 is 4.56. The number of aliphatic hydroxyl groups excluding tert-OH is 1. The predicted octanol–water partition coefficient (Wildman–Crippen LogP) is 1.86. The summed E-state index contributed by atoms with van der Waals surface area (Å²) in [6.45, 7) is 0.0287. The number of aliphatic hydroxyl groups is 1. The van der Waals surface area contributed by atoms with Crippen LogP contribution in [0.25, 0.3) is 0 Å². The molecule has 84 valence electrons. The molecule has 0 aromatic heterocycles. The molecular weight excluding hydrogens is 228 g/mol. The molecule has 0 saturated heterocycles. The Kier molecular flexibility index (Phi) is 4.84. The predicted molar refractivity (Wildman–Crippen MR) is 61.4 cm³/mol. The molecule has 16 heavy (non-hydrogen) atoms. The Morgan fingerprint density at radius 1 is 1.56 bits per heavy atom. The Balaban J connectivity index is 2.92. The second-order valence-electron chi connectivity index (χ2n) is 2.96. The maximum absolute atomic E-state index is 11.2. The van der Waals surface area contributed by atoms with Gasteiger partial charge in [0.05, 0.1) is 24.3 Å². The van der Waals surface area contributed by atoms with Crippen LogP contribution in [-0.4, -0.2) is 24.8 Å². The summed E-state index contributed by atoms with van der Waals surface area (Å²) in [6.07, 6.45) is 0.413. The first-order chi connectivity index (χ1) is 7.69. The molecule has 1 aromatic carbocycles. The number of hydrogen-bond donors (Lipinski definition) is 1. The van der Waals surface area contributed by atoms with E-state index in [2.05, 4.69) is 16.6 Å². The van der Waals surface area contributed by atoms with Crippen LogP contribution in [0.2, 0.25) is 5.02 Å². The second kappa shape index (κ2) is 6.16. The van der Waals surface area contributed by atoms with E-state index in [0.29, 0.717) is 22.6 Å². The van der Waals surface area contributed by atoms with Crippen LogP contribution in [0.5, 0.6) is 0 Å². The van der Waals surface area contributed by atoms with Crippen molar-refractivity contribution < 1.29 is 14.6 Å². The molecule has 1 N–H and O–H groups in total. The van der Waals surface area contributed by atoms with Crippen molar-refractivity contribution >= 4 is 17.6 Å². The van der Waals surface area contributed by atoms with Gasteiger partial charge >= 0.3 is 5.97 Å². The highest BCUT2D eigenvalue weighted by molar-refractivity contribution is 6.33. The zero-order valence-corrected chi connectivity index (χ0v) is 9.54. The van der Waals surface area contributed by atoms with Gasteiger partial charge in [0.2, 0.25) is 0 Å². The number of carbonyl (C=O) groups is 1. The minimum atomic E-state index is -0.472. The molecule has 0 aliphatic carbocycles. The average Bonchev–Trinajstić information content (AvgIpc) is 2.29. The zero-order chi connectivity index (χ0) is 12.0. The van der Waals surface area contributed by atoms with Gasteiger partial charge in [-0.2, -0.15) is 0 Å². The molecule has 0 bridgehead atoms. The van der Waals surface area contributed by atoms with Crippen molar-refractivity contribution in [1.29, 1.82) is 0 Å². The van der Waals surface area contributed by atoms with E-state index in [1.807, 2.05) is 0 Å². The van der Waals surface area contributed by atoms with E-state index >= 15 is 0 Å². The second-order valence-corrected chi connectivity index (χ2v) is 3.37. The summed E-state index contributed by atoms with van der Waals surface area (Å²) in [4.78, 5) is 11.2. The lowest BCUT2D eigenvalue weighted by molar-refractivity contribution is 0.0601. The third-order valence-corrected chi connectivity index (χ3v) is 2.16. The normalized spacial score (nSPS) is 9.19. The molecule has 0 atom stereocenters. The van der Waals surface area contributed by atoms with E-state index in [1.165, 1.54) is 7.11 Å². The Hall–Kier alpha value is -1.50. The minimum Gasteiger partial charge on any atom is -0.465 e. The SMILES string of the molecule is COC(=O)c1ccc(C#CCCO)cc1Cl. The average molecular weight is 239 g/mol. The molecule has 3 nitrogen and oxygen atoms in total. The maximum Gasteiger partial charge on any atom is 0.339 e. The van der Waals surface area contributed by atoms with Crippen molar-refractivity contribution in [2.45, 2.75) is 6.42 Å². The van der Waals surface area contributed by atoms with Crippen molar-refractivity contribution in [3.63, 3.8) is 0 Å². The van der Waals surface area contributed by atoms with Gasteiger partial charge in [-0.25, -0.2) is 4.79 Å². The van der Waals surface area contributed by atoms with E-state index in [0.717, 1.165) is 0 Å². The quantitative estimate of drug-likeness (QED) is 0.632. The van der Waals surface area contributed by atoms with Gasteiger partial charge in [0.15, 0.2) is 0 Å². The third kappa shape index (κ3) is 3.27. The fourth-order valence-electron chi connectivity index (χ4n) is 1.09. The maximum atomic E-state index is 11.2. The lowest BCUT2D eigenvalue weighted by atomic mass is 10.1. The first-order valence-corrected chi connectivity index (χ1v) is 5.04. The smallest absolute Gasteiger partial charge is 0.339 e. The van der Waals surface area contributed by atoms with Crippen molar-refractivity contribution in [3.05, 3.63) is 34.3 Å². The van der Waals surface area contributed by atoms with Gasteiger partial charge in [-0.15, -0.1) is 0 Å². The first kappa shape index (κ1) is 12.6. The molecule has 0 unspecified atom stereocenters. The Morgan fingerprint density at radius 2 is 2.31 bits per heavy atom. The molecule has 0 saturated carbocycles. The molecule has 0 aliphatic heterocycles. The number of carbonyl (C=O) groups excluding carboxylic acids is 1. The molecule has 0 fully saturated rings. The summed E-state index contributed by atoms with van der Waals surface area (Å²) in [6, 6.07) is 4.85. The van der Waals surface area contributed by atoms with Gasteiger partial charge in [0, 0.05) is 12.0 Å². The number of hydrogen-bond acceptors (Lipinski definition) is 3. The fraction of sp³-hybridized carbons (Fsp3) is 0.250. The molecule has 1 rings (SSSR count). The molecule has 0 radical (unpaired) electrons. The van der Waals surface area contributed by atoms with Gasteiger partial charge in [-0.1, -0.05) is 23.4 Å². The van der Waals surface area contributed by atoms with E-state index < -0.39 is 5.97 Å². The standard InChI is InChI=1S/C12H11ClO3/c1-16-12(15)10-6-5-9(8-11(10)13)4-2-3-7-14/h5-6,8,14H,3,7H2,1H3. The molecular formula is C12H11ClO3. The summed E-state index contributed by atoms with van der Waals surface area (Å²) in [5.74, 6) is 5.12. The van der Waals surface area contributed by atoms with E-state index in [-0.39, 0.29) is 6.61 Å². The van der Waals surface area contributed by atoms with Crippen LogP contribution in [-0.2, 0) is 4.74 Å². The minimum absolute atomic E-state index is 0.0287. The summed E-state index contributed by atoms with van der Waals surface area (Å²) in [5.41, 5.74) is 1.02. The van der Waals surface area contributed by atoms with E-state index in [4.69, 9.17) is 16.7 Å². The van der Waals surface area contributed by atoms with E-state index in [9.17, 15) is 4.79 Å². The highest BCUT2D eigenvalue weighted by atomic mass is 35.5. The topological polar surface area (TPSA) is 46.5 Å². The van der Waals surface area contributed by atoms with Crippen LogP contribution in [0.4, 0.5) is 0 Å². The number of methoxy groups -OCH3 is 1. The molecule has 4 heteroatoms. The largest absolute Gasteiger partial charge is 0.465 e. The fourth-order valence-corrected chi connectivity index (χ4v) is 1.35. The van der Waals surface area contributed by atoms with Gasteiger partial charge in [-0.3, -0.25) is 0 Å². The van der Waals surface area contributed by atoms with Gasteiger partial charge in [-0.05, 0) is 18.2 Å². The summed E-state index contributed by atoms with van der Waals surface area (Å²) in [7, 11) is 1.30. The molecule has 0 amide bonds. The molecule has 0 aliphatic rings. The first-order valence-electron chi connectivity index (χ1n) is 4.66. The number of benzene rings is 1. The lowest BCUT2D eigenvalue weighted by Crippen LogP contribution is -2.01. The van der Waals surface area contributed by atoms with Crippen molar-refractivity contribution in [2.75, 3.05) is 13.7 Å². The van der Waals surface area contributed by atoms with Gasteiger partial charge in [0.25, 0.3) is 0 Å². The highest BCUT2D eigenvalue weighted by Gasteiger charge is 2.09. The van der Waals surface area contributed by atoms with Crippen LogP contribution in [0.15, 0.2) is 18.2 Å². The zero-order valence-electron chi connectivity index (χ0n) is 8.79. The highest BCUT2D eigenvalue weighted by Crippen LogP contribution is 2.18. The Labute approximate surface area is 99.0 Å². The Bertz CT molecular complexity index is 443. The number of rotatable bonds is 2. The van der Waals surface area contributed by atoms with Crippen LogP contribution < -0.4 is 0 Å². The third-order valence-electron chi connectivity index (χ3n) is 1.84. The van der Waals surface area contributed by atoms with Crippen LogP contribution in [0.3, 0.4) is 0 Å². The molecule has 0 spiro atoms. The van der Waals surface area contributed by atoms with Crippen molar-refractivity contribution in [2.24, 2.45) is 0 Å². The van der Waals surface area contributed by atoms with E-state index in [1.54, 1.807) is 18.2 Å². The van der Waals surface area contributed by atoms with Crippen LogP contribution in [0.1, 0.15) is 22.3 Å². The monoisotopic (exact) mass is 238 g/mol. The molecule has 1 aromatic rings. The molecule has 0 heterocycles. The van der Waals surface area contributed by atoms with Crippen LogP contribution in [0, 0.1) is 11.8 Å². The summed E-state index contributed by atoms with van der Waals surface area (Å²) >= 11 is 5.90. The van der Waals surface area contributed by atoms with Crippen LogP contribution >= 0.6 is 11.6 Å². The van der Waals surface area contributed by atoms with Gasteiger partial charge in [0.1, 0.15) is 0 Å². The van der Waals surface area contributed by atoms with Crippen molar-refractivity contribution in [3.8, 4) is 11.8 Å². The number of esters is 1. The number of ether oxygens (including phenoxy) is 1. The summed E-state index contributed by atoms with van der Waals surface area (Å²) in [5, 5.41) is 8.87. The van der Waals surface area contributed by atoms with Crippen molar-refractivity contribution in [1.82, 2.24) is 0 Å².